The fourth-order valence-electron chi connectivity index (χ4n) is 0.201. The SMILES string of the molecule is [CH2]COCC(Cl)=CCl. The molecule has 0 aromatic heterocycles. The zero-order chi connectivity index (χ0) is 6.41. The molecule has 0 N–H and O–H groups in total. The molecule has 0 bridgehead atoms. The van der Waals surface area contributed by atoms with Crippen LogP contribution in [0.15, 0.2) is 10.6 Å². The lowest BCUT2D eigenvalue weighted by atomic mass is 10.7. The van der Waals surface area contributed by atoms with Crippen LogP contribution in [-0.4, -0.2) is 13.2 Å². The Morgan fingerprint density at radius 1 is 1.75 bits per heavy atom. The summed E-state index contributed by atoms with van der Waals surface area (Å²) in [6, 6.07) is 0. The average Bonchev–Trinajstić information content (AvgIpc) is 1.83. The van der Waals surface area contributed by atoms with Gasteiger partial charge < -0.3 is 4.74 Å². The number of ether oxygens (including phenoxy) is 1. The van der Waals surface area contributed by atoms with Gasteiger partial charge in [0.15, 0.2) is 0 Å². The lowest BCUT2D eigenvalue weighted by Crippen LogP contribution is -1.91. The number of halogens is 2. The molecule has 0 saturated carbocycles. The molecule has 0 aromatic carbocycles. The molecule has 47 valence electrons. The predicted octanol–water partition coefficient (Wildman–Crippen LogP) is 2.16. The number of hydrogen-bond acceptors (Lipinski definition) is 1. The van der Waals surface area contributed by atoms with Crippen LogP contribution in [0.1, 0.15) is 0 Å². The van der Waals surface area contributed by atoms with Crippen molar-refractivity contribution in [2.75, 3.05) is 13.2 Å². The second-order valence-corrected chi connectivity index (χ2v) is 1.81. The summed E-state index contributed by atoms with van der Waals surface area (Å²) in [5, 5.41) is 0.496. The summed E-state index contributed by atoms with van der Waals surface area (Å²) in [4.78, 5) is 0. The van der Waals surface area contributed by atoms with Crippen LogP contribution in [0.3, 0.4) is 0 Å². The molecule has 0 amide bonds. The van der Waals surface area contributed by atoms with Crippen LogP contribution in [0, 0.1) is 6.92 Å². The third-order valence-electron chi connectivity index (χ3n) is 0.503. The number of rotatable bonds is 3. The van der Waals surface area contributed by atoms with Crippen molar-refractivity contribution in [2.45, 2.75) is 0 Å². The Kier molecular flexibility index (Phi) is 5.61. The molecule has 1 nitrogen and oxygen atoms in total. The standard InChI is InChI=1S/C5H7Cl2O/c1-2-8-4-5(7)3-6/h3H,1-2,4H2. The second kappa shape index (κ2) is 5.42. The molecular formula is C5H7Cl2O. The van der Waals surface area contributed by atoms with E-state index >= 15 is 0 Å². The van der Waals surface area contributed by atoms with Gasteiger partial charge in [0.2, 0.25) is 0 Å². The smallest absolute Gasteiger partial charge is 0.0831 e. The largest absolute Gasteiger partial charge is 0.376 e. The van der Waals surface area contributed by atoms with Crippen molar-refractivity contribution in [3.63, 3.8) is 0 Å². The van der Waals surface area contributed by atoms with Crippen molar-refractivity contribution in [3.05, 3.63) is 17.5 Å². The van der Waals surface area contributed by atoms with Gasteiger partial charge in [0.1, 0.15) is 0 Å². The topological polar surface area (TPSA) is 9.23 Å². The van der Waals surface area contributed by atoms with Gasteiger partial charge in [-0.3, -0.25) is 0 Å². The lowest BCUT2D eigenvalue weighted by molar-refractivity contribution is 0.190. The molecule has 0 aliphatic carbocycles. The molecule has 0 saturated heterocycles. The van der Waals surface area contributed by atoms with Crippen LogP contribution in [0.2, 0.25) is 0 Å². The van der Waals surface area contributed by atoms with Crippen molar-refractivity contribution >= 4 is 23.2 Å². The first-order valence-corrected chi connectivity index (χ1v) is 2.94. The second-order valence-electron chi connectivity index (χ2n) is 1.11. The van der Waals surface area contributed by atoms with E-state index in [-0.39, 0.29) is 0 Å². The van der Waals surface area contributed by atoms with Gasteiger partial charge in [-0.15, -0.1) is 0 Å². The van der Waals surface area contributed by atoms with Crippen LogP contribution >= 0.6 is 23.2 Å². The minimum absolute atomic E-state index is 0.356. The van der Waals surface area contributed by atoms with Gasteiger partial charge in [0.25, 0.3) is 0 Å². The monoisotopic (exact) mass is 153 g/mol. The van der Waals surface area contributed by atoms with Crippen molar-refractivity contribution in [3.8, 4) is 0 Å². The van der Waals surface area contributed by atoms with E-state index in [4.69, 9.17) is 27.9 Å². The van der Waals surface area contributed by atoms with Gasteiger partial charge in [0, 0.05) is 12.1 Å². The predicted molar refractivity (Wildman–Crippen MR) is 36.0 cm³/mol. The Labute approximate surface area is 59.2 Å². The fraction of sp³-hybridized carbons (Fsp3) is 0.400. The fourth-order valence-corrected chi connectivity index (χ4v) is 0.341. The normalized spacial score (nSPS) is 12.1. The summed E-state index contributed by atoms with van der Waals surface area (Å²) in [5.41, 5.74) is 1.28. The quantitative estimate of drug-likeness (QED) is 0.605. The zero-order valence-corrected chi connectivity index (χ0v) is 5.87. The molecule has 0 fully saturated rings. The van der Waals surface area contributed by atoms with Crippen molar-refractivity contribution in [1.29, 1.82) is 0 Å². The van der Waals surface area contributed by atoms with E-state index in [1.165, 1.54) is 5.54 Å². The summed E-state index contributed by atoms with van der Waals surface area (Å²) in [6.45, 7) is 4.21. The van der Waals surface area contributed by atoms with Crippen LogP contribution in [0.4, 0.5) is 0 Å². The van der Waals surface area contributed by atoms with E-state index in [0.29, 0.717) is 18.2 Å². The summed E-state index contributed by atoms with van der Waals surface area (Å²) in [7, 11) is 0. The number of hydrogen-bond donors (Lipinski definition) is 0. The summed E-state index contributed by atoms with van der Waals surface area (Å²) >= 11 is 10.6. The van der Waals surface area contributed by atoms with Crippen molar-refractivity contribution in [1.82, 2.24) is 0 Å². The Balaban J connectivity index is 3.12. The Hall–Kier alpha value is 0.280. The molecule has 1 radical (unpaired) electrons. The van der Waals surface area contributed by atoms with Crippen LogP contribution < -0.4 is 0 Å². The van der Waals surface area contributed by atoms with E-state index in [9.17, 15) is 0 Å². The van der Waals surface area contributed by atoms with Crippen LogP contribution in [-0.2, 0) is 4.74 Å². The van der Waals surface area contributed by atoms with Gasteiger partial charge in [-0.25, -0.2) is 0 Å². The molecule has 0 heterocycles. The summed E-state index contributed by atoms with van der Waals surface area (Å²) in [6.07, 6.45) is 0. The zero-order valence-electron chi connectivity index (χ0n) is 4.36. The van der Waals surface area contributed by atoms with E-state index in [1.807, 2.05) is 0 Å². The van der Waals surface area contributed by atoms with Gasteiger partial charge in [-0.05, 0) is 6.92 Å². The summed E-state index contributed by atoms with van der Waals surface area (Å²) in [5.74, 6) is 0. The van der Waals surface area contributed by atoms with E-state index in [0.717, 1.165) is 0 Å². The molecule has 0 aliphatic rings. The maximum absolute atomic E-state index is 5.42. The molecule has 0 aliphatic heterocycles. The highest BCUT2D eigenvalue weighted by Gasteiger charge is 1.86. The van der Waals surface area contributed by atoms with E-state index < -0.39 is 0 Å². The molecule has 0 atom stereocenters. The minimum Gasteiger partial charge on any atom is -0.376 e. The molecular weight excluding hydrogens is 147 g/mol. The maximum atomic E-state index is 5.42. The first-order valence-electron chi connectivity index (χ1n) is 2.13. The maximum Gasteiger partial charge on any atom is 0.0831 e. The van der Waals surface area contributed by atoms with Crippen molar-refractivity contribution < 1.29 is 4.74 Å². The molecule has 0 spiro atoms. The van der Waals surface area contributed by atoms with E-state index in [1.54, 1.807) is 0 Å². The van der Waals surface area contributed by atoms with E-state index in [2.05, 4.69) is 6.92 Å². The van der Waals surface area contributed by atoms with Crippen LogP contribution in [0.25, 0.3) is 0 Å². The molecule has 0 unspecified atom stereocenters. The Bertz CT molecular complexity index is 80.5. The third kappa shape index (κ3) is 4.44. The lowest BCUT2D eigenvalue weighted by Gasteiger charge is -1.94. The van der Waals surface area contributed by atoms with Gasteiger partial charge in [-0.2, -0.15) is 0 Å². The molecule has 8 heavy (non-hydrogen) atoms. The Morgan fingerprint density at radius 3 is 2.75 bits per heavy atom. The minimum atomic E-state index is 0.356. The molecule has 3 heteroatoms. The highest BCUT2D eigenvalue weighted by molar-refractivity contribution is 6.36. The summed E-state index contributed by atoms with van der Waals surface area (Å²) < 4.78 is 4.79. The van der Waals surface area contributed by atoms with Gasteiger partial charge in [-0.1, -0.05) is 23.2 Å². The third-order valence-corrected chi connectivity index (χ3v) is 1.10. The highest BCUT2D eigenvalue weighted by atomic mass is 35.5. The average molecular weight is 154 g/mol. The van der Waals surface area contributed by atoms with Crippen LogP contribution in [0.5, 0.6) is 0 Å². The Morgan fingerprint density at radius 2 is 2.38 bits per heavy atom. The van der Waals surface area contributed by atoms with Gasteiger partial charge in [0.05, 0.1) is 11.6 Å². The first-order chi connectivity index (χ1) is 3.81. The van der Waals surface area contributed by atoms with Crippen molar-refractivity contribution in [2.24, 2.45) is 0 Å². The molecule has 0 aromatic rings. The highest BCUT2D eigenvalue weighted by Crippen LogP contribution is 2.02. The van der Waals surface area contributed by atoms with Gasteiger partial charge >= 0.3 is 0 Å². The molecule has 0 rings (SSSR count). The first kappa shape index (κ1) is 8.28.